The molecule has 1 saturated carbocycles. The van der Waals surface area contributed by atoms with Gasteiger partial charge in [-0.3, -0.25) is 4.79 Å². The molecule has 4 nitrogen and oxygen atoms in total. The summed E-state index contributed by atoms with van der Waals surface area (Å²) >= 11 is 3.12. The lowest BCUT2D eigenvalue weighted by atomic mass is 10.1. The van der Waals surface area contributed by atoms with Crippen LogP contribution in [0.2, 0.25) is 0 Å². The maximum Gasteiger partial charge on any atom is 0.191 e. The number of carbonyl (C=O) groups excluding carboxylic acids is 1. The van der Waals surface area contributed by atoms with E-state index in [1.807, 2.05) is 6.07 Å². The van der Waals surface area contributed by atoms with Gasteiger partial charge in [-0.15, -0.1) is 21.5 Å². The van der Waals surface area contributed by atoms with Crippen molar-refractivity contribution in [2.75, 3.05) is 5.75 Å². The number of hydrogen-bond acceptors (Lipinski definition) is 5. The van der Waals surface area contributed by atoms with E-state index in [0.717, 1.165) is 30.2 Å². The number of rotatable bonds is 7. The van der Waals surface area contributed by atoms with Crippen molar-refractivity contribution in [1.82, 2.24) is 14.8 Å². The minimum Gasteiger partial charge on any atom is -0.303 e. The molecule has 1 aromatic carbocycles. The Morgan fingerprint density at radius 1 is 1.24 bits per heavy atom. The quantitative estimate of drug-likeness (QED) is 0.455. The van der Waals surface area contributed by atoms with Crippen molar-refractivity contribution < 1.29 is 9.18 Å². The van der Waals surface area contributed by atoms with Gasteiger partial charge in [0.2, 0.25) is 0 Å². The van der Waals surface area contributed by atoms with E-state index in [1.165, 1.54) is 40.9 Å². The average Bonchev–Trinajstić information content (AvgIpc) is 3.17. The topological polar surface area (TPSA) is 47.8 Å². The molecule has 0 unspecified atom stereocenters. The van der Waals surface area contributed by atoms with E-state index < -0.39 is 0 Å². The molecule has 2 aromatic heterocycles. The van der Waals surface area contributed by atoms with Gasteiger partial charge in [0.25, 0.3) is 0 Å². The lowest BCUT2D eigenvalue weighted by Crippen LogP contribution is -2.06. The van der Waals surface area contributed by atoms with Gasteiger partial charge in [-0.05, 0) is 48.6 Å². The molecule has 1 aliphatic rings. The molecule has 2 heterocycles. The van der Waals surface area contributed by atoms with Crippen LogP contribution in [-0.2, 0) is 6.42 Å². The first-order chi connectivity index (χ1) is 12.2. The van der Waals surface area contributed by atoms with E-state index in [-0.39, 0.29) is 17.4 Å². The number of Topliss-reactive ketones (excluding diaryl/α,β-unsaturated/α-hetero) is 1. The smallest absolute Gasteiger partial charge is 0.191 e. The van der Waals surface area contributed by atoms with Crippen molar-refractivity contribution in [3.05, 3.63) is 63.9 Å². The van der Waals surface area contributed by atoms with Crippen LogP contribution in [0.15, 0.2) is 46.9 Å². The molecule has 0 amide bonds. The van der Waals surface area contributed by atoms with Crippen molar-refractivity contribution in [3.8, 4) is 0 Å². The molecule has 0 saturated heterocycles. The Morgan fingerprint density at radius 3 is 2.72 bits per heavy atom. The van der Waals surface area contributed by atoms with Crippen molar-refractivity contribution in [2.24, 2.45) is 0 Å². The Morgan fingerprint density at radius 2 is 2.04 bits per heavy atom. The van der Waals surface area contributed by atoms with Gasteiger partial charge in [0.05, 0.1) is 5.75 Å². The molecule has 128 valence electrons. The normalized spacial score (nSPS) is 14.0. The number of ketones is 1. The van der Waals surface area contributed by atoms with Gasteiger partial charge in [0.1, 0.15) is 11.6 Å². The van der Waals surface area contributed by atoms with Crippen LogP contribution in [0.3, 0.4) is 0 Å². The van der Waals surface area contributed by atoms with Crippen molar-refractivity contribution >= 4 is 28.9 Å². The number of benzene rings is 1. The number of halogens is 1. The first-order valence-electron chi connectivity index (χ1n) is 8.08. The van der Waals surface area contributed by atoms with Crippen LogP contribution < -0.4 is 0 Å². The average molecular weight is 373 g/mol. The summed E-state index contributed by atoms with van der Waals surface area (Å²) in [7, 11) is 0. The molecule has 1 fully saturated rings. The van der Waals surface area contributed by atoms with Gasteiger partial charge in [0, 0.05) is 22.9 Å². The molecule has 0 bridgehead atoms. The Kier molecular flexibility index (Phi) is 4.67. The van der Waals surface area contributed by atoms with Gasteiger partial charge >= 0.3 is 0 Å². The minimum atomic E-state index is -0.337. The van der Waals surface area contributed by atoms with Gasteiger partial charge in [0.15, 0.2) is 10.9 Å². The molecule has 1 aliphatic carbocycles. The van der Waals surface area contributed by atoms with E-state index in [4.69, 9.17) is 0 Å². The molecule has 0 spiro atoms. The lowest BCUT2D eigenvalue weighted by molar-refractivity contribution is 0.102. The van der Waals surface area contributed by atoms with Gasteiger partial charge in [-0.2, -0.15) is 0 Å². The van der Waals surface area contributed by atoms with E-state index in [1.54, 1.807) is 11.3 Å². The minimum absolute atomic E-state index is 0.0323. The standard InChI is InChI=1S/C18H16FN3OS2/c19-13-5-3-12(4-6-13)16(23)11-25-18-21-20-17(22(18)14-7-8-14)10-15-2-1-9-24-15/h1-6,9,14H,7-8,10-11H2. The second-order valence-electron chi connectivity index (χ2n) is 5.97. The van der Waals surface area contributed by atoms with Crippen LogP contribution in [0.25, 0.3) is 0 Å². The third-order valence-electron chi connectivity index (χ3n) is 4.06. The summed E-state index contributed by atoms with van der Waals surface area (Å²) in [4.78, 5) is 13.5. The third-order valence-corrected chi connectivity index (χ3v) is 5.88. The molecule has 0 N–H and O–H groups in total. The highest BCUT2D eigenvalue weighted by Crippen LogP contribution is 2.39. The zero-order chi connectivity index (χ0) is 17.2. The number of aromatic nitrogens is 3. The van der Waals surface area contributed by atoms with E-state index in [9.17, 15) is 9.18 Å². The third kappa shape index (κ3) is 3.82. The summed E-state index contributed by atoms with van der Waals surface area (Å²) in [6.07, 6.45) is 3.04. The molecular formula is C18H16FN3OS2. The van der Waals surface area contributed by atoms with Gasteiger partial charge < -0.3 is 4.57 Å². The molecule has 0 atom stereocenters. The lowest BCUT2D eigenvalue weighted by Gasteiger charge is -2.08. The second kappa shape index (κ2) is 7.09. The van der Waals surface area contributed by atoms with Crippen LogP contribution in [0.5, 0.6) is 0 Å². The summed E-state index contributed by atoms with van der Waals surface area (Å²) in [5.41, 5.74) is 0.519. The van der Waals surface area contributed by atoms with E-state index in [0.29, 0.717) is 11.6 Å². The fourth-order valence-electron chi connectivity index (χ4n) is 2.64. The number of nitrogens with zero attached hydrogens (tertiary/aromatic N) is 3. The number of thioether (sulfide) groups is 1. The van der Waals surface area contributed by atoms with Crippen molar-refractivity contribution in [3.63, 3.8) is 0 Å². The SMILES string of the molecule is O=C(CSc1nnc(Cc2cccs2)n1C1CC1)c1ccc(F)cc1. The summed E-state index contributed by atoms with van der Waals surface area (Å²) in [6, 6.07) is 10.2. The molecule has 0 aliphatic heterocycles. The largest absolute Gasteiger partial charge is 0.303 e. The van der Waals surface area contributed by atoms with E-state index >= 15 is 0 Å². The van der Waals surface area contributed by atoms with Crippen LogP contribution in [0.1, 0.15) is 39.9 Å². The monoisotopic (exact) mass is 373 g/mol. The summed E-state index contributed by atoms with van der Waals surface area (Å²) < 4.78 is 15.2. The Labute approximate surface area is 153 Å². The zero-order valence-corrected chi connectivity index (χ0v) is 15.0. The second-order valence-corrected chi connectivity index (χ2v) is 7.95. The van der Waals surface area contributed by atoms with Crippen molar-refractivity contribution in [2.45, 2.75) is 30.5 Å². The van der Waals surface area contributed by atoms with Gasteiger partial charge in [-0.1, -0.05) is 17.8 Å². The number of thiophene rings is 1. The fraction of sp³-hybridized carbons (Fsp3) is 0.278. The molecule has 25 heavy (non-hydrogen) atoms. The predicted molar refractivity (Wildman–Crippen MR) is 96.9 cm³/mol. The first-order valence-corrected chi connectivity index (χ1v) is 9.95. The van der Waals surface area contributed by atoms with E-state index in [2.05, 4.69) is 26.2 Å². The predicted octanol–water partition coefficient (Wildman–Crippen LogP) is 4.38. The molecule has 7 heteroatoms. The molecular weight excluding hydrogens is 357 g/mol. The number of hydrogen-bond donors (Lipinski definition) is 0. The van der Waals surface area contributed by atoms with Crippen LogP contribution >= 0.6 is 23.1 Å². The molecule has 0 radical (unpaired) electrons. The Balaban J connectivity index is 1.48. The highest BCUT2D eigenvalue weighted by molar-refractivity contribution is 7.99. The van der Waals surface area contributed by atoms with Gasteiger partial charge in [-0.25, -0.2) is 4.39 Å². The van der Waals surface area contributed by atoms with Crippen LogP contribution in [0.4, 0.5) is 4.39 Å². The summed E-state index contributed by atoms with van der Waals surface area (Å²) in [6.45, 7) is 0. The maximum atomic E-state index is 13.0. The Bertz CT molecular complexity index is 870. The Hall–Kier alpha value is -1.99. The highest BCUT2D eigenvalue weighted by Gasteiger charge is 2.30. The molecule has 3 aromatic rings. The maximum absolute atomic E-state index is 13.0. The van der Waals surface area contributed by atoms with Crippen LogP contribution in [0, 0.1) is 5.82 Å². The summed E-state index contributed by atoms with van der Waals surface area (Å²) in [5.74, 6) is 0.864. The highest BCUT2D eigenvalue weighted by atomic mass is 32.2. The number of carbonyl (C=O) groups is 1. The fourth-order valence-corrected chi connectivity index (χ4v) is 4.26. The van der Waals surface area contributed by atoms with Crippen molar-refractivity contribution in [1.29, 1.82) is 0 Å². The summed E-state index contributed by atoms with van der Waals surface area (Å²) in [5, 5.41) is 11.5. The zero-order valence-electron chi connectivity index (χ0n) is 13.4. The first kappa shape index (κ1) is 16.5. The molecule has 4 rings (SSSR count). The van der Waals surface area contributed by atoms with Crippen LogP contribution in [-0.4, -0.2) is 26.3 Å².